The summed E-state index contributed by atoms with van der Waals surface area (Å²) in [6.07, 6.45) is 13.5. The average molecular weight is 1630 g/mol. The van der Waals surface area contributed by atoms with Crippen LogP contribution in [0.4, 0.5) is 35.2 Å². The van der Waals surface area contributed by atoms with Crippen molar-refractivity contribution in [2.75, 3.05) is 129 Å². The number of carbonyl (C=O) groups excluding carboxylic acids is 6. The maximum absolute atomic E-state index is 12.4. The monoisotopic (exact) mass is 1630 g/mol. The molecule has 5 fully saturated rings. The van der Waals surface area contributed by atoms with Crippen LogP contribution < -0.4 is 57.8 Å². The summed E-state index contributed by atoms with van der Waals surface area (Å²) in [7, 11) is 3.67. The number of rotatable bonds is 26. The van der Waals surface area contributed by atoms with E-state index in [9.17, 15) is 52.7 Å². The summed E-state index contributed by atoms with van der Waals surface area (Å²) in [5.74, 6) is -0.570. The number of para-hydroxylation sites is 2. The first-order valence-electron chi connectivity index (χ1n) is 39.0. The Morgan fingerprint density at radius 1 is 0.518 bits per heavy atom. The van der Waals surface area contributed by atoms with E-state index < -0.39 is 29.1 Å². The van der Waals surface area contributed by atoms with Gasteiger partial charge in [-0.2, -0.15) is 0 Å². The number of carbonyl (C=O) groups is 7. The van der Waals surface area contributed by atoms with Gasteiger partial charge in [-0.3, -0.25) is 78.1 Å². The second-order valence-electron chi connectivity index (χ2n) is 27.4. The van der Waals surface area contributed by atoms with E-state index in [2.05, 4.69) is 64.8 Å². The minimum absolute atomic E-state index is 0. The number of halogens is 2. The van der Waals surface area contributed by atoms with Gasteiger partial charge in [-0.15, -0.1) is 12.4 Å². The van der Waals surface area contributed by atoms with Crippen molar-refractivity contribution in [2.24, 2.45) is 11.7 Å². The number of nitrogens with one attached hydrogen (secondary N) is 6. The maximum Gasteiger partial charge on any atom is 0.316 e. The van der Waals surface area contributed by atoms with E-state index in [0.29, 0.717) is 101 Å². The van der Waals surface area contributed by atoms with Crippen LogP contribution in [0.2, 0.25) is 0 Å². The number of nitrogens with two attached hydrogens (primary N) is 1. The van der Waals surface area contributed by atoms with Crippen molar-refractivity contribution >= 4 is 106 Å². The van der Waals surface area contributed by atoms with Crippen LogP contribution in [0.15, 0.2) is 79.8 Å². The number of hydrogen-bond acceptors (Lipinski definition) is 24. The summed E-state index contributed by atoms with van der Waals surface area (Å²) >= 11 is 5.29. The van der Waals surface area contributed by atoms with E-state index in [0.717, 1.165) is 128 Å². The van der Waals surface area contributed by atoms with Crippen LogP contribution in [-0.2, 0) is 73.5 Å². The van der Waals surface area contributed by atoms with Crippen molar-refractivity contribution < 1.29 is 52.9 Å². The molecule has 5 aliphatic rings. The number of aliphatic carboxylic acids is 1. The molecule has 9 N–H and O–H groups in total. The Bertz CT molecular complexity index is 4190. The Morgan fingerprint density at radius 3 is 1.14 bits per heavy atom. The van der Waals surface area contributed by atoms with Gasteiger partial charge in [0.1, 0.15) is 11.7 Å². The van der Waals surface area contributed by atoms with Gasteiger partial charge >= 0.3 is 23.9 Å². The van der Waals surface area contributed by atoms with E-state index in [1.807, 2.05) is 86.5 Å². The molecule has 5 aliphatic heterocycles. The number of carboxylic acids is 1. The lowest BCUT2D eigenvalue weighted by Gasteiger charge is -2.18. The topological polar surface area (TPSA) is 432 Å². The number of benzene rings is 2. The SMILES string of the molecule is CCOC(=O)CCC(C(C)=O)C(=O)OCC.CCOC(=O)CCc1c(C)nc(N2CCCC2)[nH]c1=O.CNc1ccccc1.Cc1nc(N2CCCC2)[nH]c(=O)c1CCC(=O)Cl.Cc1nc(N2CCCC2)[nH]c(=O)c1CCC(=O)N(C)c1ccccc1.Cc1nc(N2CCCC2)[nH]c(=O)c1CCC(=O)O.Cl.N=C(N)N1CCCC1. The average Bonchev–Trinajstić information content (AvgIpc) is 1.64. The minimum atomic E-state index is -0.905. The lowest BCUT2D eigenvalue weighted by atomic mass is 9.99. The smallest absolute Gasteiger partial charge is 0.316 e. The van der Waals surface area contributed by atoms with Gasteiger partial charge in [0, 0.05) is 168 Å². The number of aromatic nitrogens is 8. The molecule has 9 heterocycles. The number of guanidine groups is 1. The Kier molecular flexibility index (Phi) is 43.1. The molecule has 6 aromatic rings. The van der Waals surface area contributed by atoms with E-state index in [-0.39, 0.29) is 110 Å². The lowest BCUT2D eigenvalue weighted by Crippen LogP contribution is -2.33. The number of carboxylic acid groups (broad SMARTS) is 1. The number of nitrogens with zero attached hydrogens (tertiary/aromatic N) is 10. The number of aryl methyl sites for hydroxylation is 4. The first-order chi connectivity index (χ1) is 54.1. The van der Waals surface area contributed by atoms with E-state index in [1.54, 1.807) is 46.6 Å². The highest BCUT2D eigenvalue weighted by Crippen LogP contribution is 2.22. The molecule has 34 heteroatoms. The van der Waals surface area contributed by atoms with Gasteiger partial charge in [-0.1, -0.05) is 36.4 Å². The fourth-order valence-electron chi connectivity index (χ4n) is 12.8. The number of anilines is 6. The number of esters is 3. The number of likely N-dealkylation sites (tertiary alicyclic amines) is 1. The first-order valence-corrected chi connectivity index (χ1v) is 39.4. The van der Waals surface area contributed by atoms with Crippen molar-refractivity contribution in [1.82, 2.24) is 44.8 Å². The Balaban J connectivity index is 0.000000287. The molecule has 114 heavy (non-hydrogen) atoms. The number of ketones is 1. The summed E-state index contributed by atoms with van der Waals surface area (Å²) in [5, 5.41) is 18.2. The fourth-order valence-corrected chi connectivity index (χ4v) is 12.9. The van der Waals surface area contributed by atoms with Crippen molar-refractivity contribution in [2.45, 2.75) is 184 Å². The number of ether oxygens (including phenoxy) is 3. The summed E-state index contributed by atoms with van der Waals surface area (Å²) in [4.78, 5) is 168. The zero-order chi connectivity index (χ0) is 82.9. The molecule has 0 spiro atoms. The molecule has 0 aliphatic carbocycles. The van der Waals surface area contributed by atoms with Gasteiger partial charge < -0.3 is 59.8 Å². The molecule has 1 amide bonds. The maximum atomic E-state index is 12.4. The van der Waals surface area contributed by atoms with Gasteiger partial charge in [0.05, 0.1) is 19.8 Å². The summed E-state index contributed by atoms with van der Waals surface area (Å²) in [6.45, 7) is 23.9. The van der Waals surface area contributed by atoms with Crippen LogP contribution in [0.3, 0.4) is 0 Å². The molecule has 0 radical (unpaired) electrons. The molecule has 2 aromatic carbocycles. The zero-order valence-corrected chi connectivity index (χ0v) is 69.3. The van der Waals surface area contributed by atoms with Crippen LogP contribution in [0.1, 0.15) is 175 Å². The summed E-state index contributed by atoms with van der Waals surface area (Å²) < 4.78 is 14.3. The standard InChI is InChI=1S/C19H24N4O2.C14H21N3O3.C12H16ClN3O2.C12H17N3O3.C11H18O5.C7H9N.C5H11N3.ClH/c1-14-16(18(25)21-19(20-14)23-12-6-7-13-23)10-11-17(24)22(2)15-8-4-3-5-9-15;1-3-20-12(18)7-6-11-10(2)15-14(16-13(11)19)17-8-4-5-9-17;1-8-9(4-5-10(13)17)11(18)15-12(14-8)16-6-2-3-7-16;1-8-9(4-5-10(16)17)11(18)14-12(13-8)15-6-2-3-7-15;1-4-15-10(13)7-6-9(8(3)12)11(14)16-5-2;1-8-7-5-3-2-4-6-7;6-5(7)8-3-1-2-4-8;/h3-5,8-9H,6-7,10-13H2,1-2H3,(H,20,21,25);3-9H2,1-2H3,(H,15,16,19);2-7H2,1H3,(H,14,15,18);2-7H2,1H3,(H,16,17)(H,13,14,18);9H,4-7H2,1-3H3;2-6,8H,1H3;1-4H2,(H3,6,7);1H. The first kappa shape index (κ1) is 95.9. The van der Waals surface area contributed by atoms with Crippen molar-refractivity contribution in [3.8, 4) is 0 Å². The molecule has 11 rings (SSSR count). The van der Waals surface area contributed by atoms with Crippen LogP contribution in [0.25, 0.3) is 0 Å². The predicted octanol–water partition coefficient (Wildman–Crippen LogP) is 8.74. The highest BCUT2D eigenvalue weighted by Gasteiger charge is 2.27. The third kappa shape index (κ3) is 32.9. The summed E-state index contributed by atoms with van der Waals surface area (Å²) in [6, 6.07) is 19.6. The second kappa shape index (κ2) is 51.3. The lowest BCUT2D eigenvalue weighted by molar-refractivity contribution is -0.152. The Labute approximate surface area is 677 Å². The van der Waals surface area contributed by atoms with Crippen LogP contribution in [0, 0.1) is 39.0 Å². The second-order valence-corrected chi connectivity index (χ2v) is 27.8. The molecule has 1 atom stereocenters. The predicted molar refractivity (Wildman–Crippen MR) is 445 cm³/mol. The molecule has 0 bridgehead atoms. The largest absolute Gasteiger partial charge is 0.481 e. The highest BCUT2D eigenvalue weighted by molar-refractivity contribution is 6.63. The number of aromatic amines is 4. The van der Waals surface area contributed by atoms with E-state index >= 15 is 0 Å². The third-order valence-electron chi connectivity index (χ3n) is 19.1. The highest BCUT2D eigenvalue weighted by atomic mass is 35.5. The Morgan fingerprint density at radius 2 is 0.842 bits per heavy atom. The molecule has 4 aromatic heterocycles. The van der Waals surface area contributed by atoms with Gasteiger partial charge in [0.25, 0.3) is 22.2 Å². The van der Waals surface area contributed by atoms with Crippen LogP contribution in [-0.4, -0.2) is 196 Å². The molecular formula is C80H117Cl2N17O15. The number of hydrogen-bond donors (Lipinski definition) is 8. The van der Waals surface area contributed by atoms with E-state index in [1.165, 1.54) is 19.8 Å². The minimum Gasteiger partial charge on any atom is -0.481 e. The van der Waals surface area contributed by atoms with Crippen LogP contribution >= 0.6 is 24.0 Å². The van der Waals surface area contributed by atoms with Crippen molar-refractivity contribution in [3.05, 3.63) is 147 Å². The zero-order valence-electron chi connectivity index (χ0n) is 67.7. The van der Waals surface area contributed by atoms with Crippen LogP contribution in [0.5, 0.6) is 0 Å². The number of amides is 1. The fraction of sp³-hybridized carbons (Fsp3) is 0.550. The summed E-state index contributed by atoms with van der Waals surface area (Å²) in [5.41, 5.74) is 11.4. The number of H-pyrrole nitrogens is 4. The van der Waals surface area contributed by atoms with Gasteiger partial charge in [0.15, 0.2) is 5.96 Å². The molecule has 32 nitrogen and oxygen atoms in total. The molecule has 5 saturated heterocycles. The Hall–Kier alpha value is -10.5. The number of Topliss-reactive ketones (excluding diaryl/α,β-unsaturated/α-hetero) is 1. The van der Waals surface area contributed by atoms with Gasteiger partial charge in [-0.05, 0) is 188 Å². The third-order valence-corrected chi connectivity index (χ3v) is 19.3. The molecular weight excluding hydrogens is 1510 g/mol. The molecule has 626 valence electrons. The van der Waals surface area contributed by atoms with Gasteiger partial charge in [-0.25, -0.2) is 19.9 Å². The van der Waals surface area contributed by atoms with Crippen molar-refractivity contribution in [3.63, 3.8) is 0 Å². The quantitative estimate of drug-likeness (QED) is 0.00628. The normalized spacial score (nSPS) is 14.0. The van der Waals surface area contributed by atoms with E-state index in [4.69, 9.17) is 42.1 Å². The van der Waals surface area contributed by atoms with Gasteiger partial charge in [0.2, 0.25) is 34.9 Å². The molecule has 0 saturated carbocycles. The van der Waals surface area contributed by atoms with Crippen molar-refractivity contribution in [1.29, 1.82) is 5.41 Å². The molecule has 1 unspecified atom stereocenters.